The minimum Gasteiger partial charge on any atom is -0.481 e. The van der Waals surface area contributed by atoms with Gasteiger partial charge >= 0.3 is 11.8 Å². The fourth-order valence-electron chi connectivity index (χ4n) is 1.45. The van der Waals surface area contributed by atoms with E-state index in [1.54, 1.807) is 6.92 Å². The minimum atomic E-state index is -3.82. The van der Waals surface area contributed by atoms with Gasteiger partial charge in [-0.2, -0.15) is 0 Å². The van der Waals surface area contributed by atoms with Crippen LogP contribution in [0.1, 0.15) is 19.8 Å². The van der Waals surface area contributed by atoms with Crippen molar-refractivity contribution < 1.29 is 23.2 Å². The first-order chi connectivity index (χ1) is 9.72. The lowest BCUT2D eigenvalue weighted by Gasteiger charge is -2.11. The largest absolute Gasteiger partial charge is 0.481 e. The number of aliphatic carboxylic acids is 1. The maximum absolute atomic E-state index is 11.9. The Labute approximate surface area is 121 Å². The van der Waals surface area contributed by atoms with Crippen molar-refractivity contribution in [2.45, 2.75) is 24.7 Å². The molecule has 0 aromatic carbocycles. The summed E-state index contributed by atoms with van der Waals surface area (Å²) in [5.74, 6) is -1.53. The maximum Gasteiger partial charge on any atom is 0.363 e. The van der Waals surface area contributed by atoms with E-state index in [-0.39, 0.29) is 23.8 Å². The molecule has 0 aliphatic rings. The Balaban J connectivity index is 2.64. The van der Waals surface area contributed by atoms with Crippen LogP contribution in [0.5, 0.6) is 0 Å². The topological polar surface area (TPSA) is 140 Å². The molecular weight excluding hydrogens is 302 g/mol. The van der Waals surface area contributed by atoms with Gasteiger partial charge in [-0.1, -0.05) is 6.92 Å². The van der Waals surface area contributed by atoms with E-state index in [1.807, 2.05) is 0 Å². The molecule has 1 aromatic rings. The normalized spacial score (nSPS) is 12.8. The average Bonchev–Trinajstić information content (AvgIpc) is 2.43. The van der Waals surface area contributed by atoms with Crippen LogP contribution in [-0.4, -0.2) is 35.9 Å². The second-order valence-corrected chi connectivity index (χ2v) is 6.27. The summed E-state index contributed by atoms with van der Waals surface area (Å²) in [6.07, 6.45) is 1.21. The summed E-state index contributed by atoms with van der Waals surface area (Å²) >= 11 is 0. The second kappa shape index (κ2) is 7.09. The number of nitro groups is 1. The van der Waals surface area contributed by atoms with Crippen LogP contribution in [0.25, 0.3) is 0 Å². The van der Waals surface area contributed by atoms with Crippen LogP contribution in [-0.2, 0) is 14.8 Å². The molecule has 1 heterocycles. The number of aromatic nitrogens is 1. The third kappa shape index (κ3) is 5.44. The number of carboxylic acid groups (broad SMARTS) is 1. The highest BCUT2D eigenvalue weighted by Gasteiger charge is 2.19. The molecule has 1 unspecified atom stereocenters. The Kier molecular flexibility index (Phi) is 5.73. The zero-order valence-electron chi connectivity index (χ0n) is 11.2. The van der Waals surface area contributed by atoms with Crippen molar-refractivity contribution in [3.63, 3.8) is 0 Å². The number of nitrogens with one attached hydrogen (secondary N) is 1. The molecule has 1 aromatic heterocycles. The van der Waals surface area contributed by atoms with Crippen molar-refractivity contribution in [3.05, 3.63) is 28.4 Å². The van der Waals surface area contributed by atoms with E-state index in [0.717, 1.165) is 18.3 Å². The summed E-state index contributed by atoms with van der Waals surface area (Å²) < 4.78 is 26.2. The number of sulfonamides is 1. The second-order valence-electron chi connectivity index (χ2n) is 4.50. The van der Waals surface area contributed by atoms with E-state index in [1.165, 1.54) is 0 Å². The van der Waals surface area contributed by atoms with Crippen LogP contribution in [0.4, 0.5) is 5.82 Å². The minimum absolute atomic E-state index is 0.0397. The van der Waals surface area contributed by atoms with E-state index in [0.29, 0.717) is 6.42 Å². The van der Waals surface area contributed by atoms with Crippen LogP contribution in [0.15, 0.2) is 23.2 Å². The zero-order chi connectivity index (χ0) is 16.0. The van der Waals surface area contributed by atoms with Crippen molar-refractivity contribution in [1.29, 1.82) is 0 Å². The molecule has 0 fully saturated rings. The van der Waals surface area contributed by atoms with Gasteiger partial charge in [-0.25, -0.2) is 13.1 Å². The number of rotatable bonds is 8. The Morgan fingerprint density at radius 2 is 2.19 bits per heavy atom. The smallest absolute Gasteiger partial charge is 0.363 e. The average molecular weight is 317 g/mol. The number of carboxylic acids is 1. The Hall–Kier alpha value is -2.07. The molecule has 0 aliphatic heterocycles. The summed E-state index contributed by atoms with van der Waals surface area (Å²) in [6, 6.07) is 2.10. The molecule has 0 saturated carbocycles. The van der Waals surface area contributed by atoms with Gasteiger partial charge in [-0.15, -0.1) is 0 Å². The molecule has 21 heavy (non-hydrogen) atoms. The Bertz CT molecular complexity index is 613. The molecule has 0 radical (unpaired) electrons. The summed E-state index contributed by atoms with van der Waals surface area (Å²) in [5.41, 5.74) is 0. The third-order valence-electron chi connectivity index (χ3n) is 2.69. The number of hydrogen-bond acceptors (Lipinski definition) is 6. The monoisotopic (exact) mass is 317 g/mol. The van der Waals surface area contributed by atoms with Gasteiger partial charge in [0.1, 0.15) is 4.90 Å². The van der Waals surface area contributed by atoms with E-state index in [9.17, 15) is 23.3 Å². The van der Waals surface area contributed by atoms with E-state index >= 15 is 0 Å². The lowest BCUT2D eigenvalue weighted by molar-refractivity contribution is -0.389. The van der Waals surface area contributed by atoms with Gasteiger partial charge in [-0.3, -0.25) is 4.79 Å². The number of carbonyl (C=O) groups is 1. The molecule has 0 aliphatic carbocycles. The van der Waals surface area contributed by atoms with Gasteiger partial charge in [0.2, 0.25) is 10.0 Å². The quantitative estimate of drug-likeness (QED) is 0.533. The van der Waals surface area contributed by atoms with Crippen LogP contribution in [0.3, 0.4) is 0 Å². The number of nitrogens with zero attached hydrogens (tertiary/aromatic N) is 2. The summed E-state index contributed by atoms with van der Waals surface area (Å²) in [6.45, 7) is 1.80. The van der Waals surface area contributed by atoms with Crippen LogP contribution < -0.4 is 4.72 Å². The van der Waals surface area contributed by atoms with Gasteiger partial charge in [0.05, 0.1) is 0 Å². The van der Waals surface area contributed by atoms with Crippen molar-refractivity contribution in [2.75, 3.05) is 6.54 Å². The van der Waals surface area contributed by atoms with Gasteiger partial charge in [-0.05, 0) is 28.3 Å². The highest BCUT2D eigenvalue weighted by molar-refractivity contribution is 7.89. The third-order valence-corrected chi connectivity index (χ3v) is 4.10. The SMILES string of the molecule is CC(CCC(=O)O)CNS(=O)(=O)c1ccc([N+](=O)[O-])nc1. The predicted octanol–water partition coefficient (Wildman–Crippen LogP) is 0.769. The zero-order valence-corrected chi connectivity index (χ0v) is 12.0. The summed E-state index contributed by atoms with van der Waals surface area (Å²) in [5, 5.41) is 19.0. The predicted molar refractivity (Wildman–Crippen MR) is 72.1 cm³/mol. The lowest BCUT2D eigenvalue weighted by atomic mass is 10.1. The van der Waals surface area contributed by atoms with Crippen LogP contribution >= 0.6 is 0 Å². The summed E-state index contributed by atoms with van der Waals surface area (Å²) in [4.78, 5) is 23.4. The van der Waals surface area contributed by atoms with Crippen LogP contribution in [0, 0.1) is 16.0 Å². The van der Waals surface area contributed by atoms with Crippen molar-refractivity contribution in [2.24, 2.45) is 5.92 Å². The van der Waals surface area contributed by atoms with Crippen molar-refractivity contribution in [3.8, 4) is 0 Å². The van der Waals surface area contributed by atoms with Gasteiger partial charge < -0.3 is 15.2 Å². The first-order valence-electron chi connectivity index (χ1n) is 6.04. The summed E-state index contributed by atoms with van der Waals surface area (Å²) in [7, 11) is -3.82. The molecule has 116 valence electrons. The Morgan fingerprint density at radius 1 is 1.52 bits per heavy atom. The van der Waals surface area contributed by atoms with Crippen molar-refractivity contribution >= 4 is 21.8 Å². The van der Waals surface area contributed by atoms with Crippen molar-refractivity contribution in [1.82, 2.24) is 9.71 Å². The highest BCUT2D eigenvalue weighted by Crippen LogP contribution is 2.13. The highest BCUT2D eigenvalue weighted by atomic mass is 32.2. The lowest BCUT2D eigenvalue weighted by Crippen LogP contribution is -2.28. The fraction of sp³-hybridized carbons (Fsp3) is 0.455. The molecule has 2 N–H and O–H groups in total. The standard InChI is InChI=1S/C11H15N3O6S/c1-8(2-5-11(15)16)6-13-21(19,20)9-3-4-10(12-7-9)14(17)18/h3-4,7-8,13H,2,5-6H2,1H3,(H,15,16). The first-order valence-corrected chi connectivity index (χ1v) is 7.52. The number of hydrogen-bond donors (Lipinski definition) is 2. The molecular formula is C11H15N3O6S. The molecule has 0 saturated heterocycles. The molecule has 1 atom stereocenters. The van der Waals surface area contributed by atoms with Gasteiger partial charge in [0, 0.05) is 19.0 Å². The van der Waals surface area contributed by atoms with E-state index in [4.69, 9.17) is 5.11 Å². The molecule has 0 bridgehead atoms. The van der Waals surface area contributed by atoms with Gasteiger partial charge in [0.25, 0.3) is 0 Å². The molecule has 0 spiro atoms. The number of pyridine rings is 1. The Morgan fingerprint density at radius 3 is 2.67 bits per heavy atom. The fourth-order valence-corrected chi connectivity index (χ4v) is 2.56. The maximum atomic E-state index is 11.9. The molecule has 10 heteroatoms. The molecule has 1 rings (SSSR count). The first kappa shape index (κ1) is 17.0. The van der Waals surface area contributed by atoms with Gasteiger partial charge in [0.15, 0.2) is 6.20 Å². The van der Waals surface area contributed by atoms with E-state index < -0.39 is 26.7 Å². The molecule has 9 nitrogen and oxygen atoms in total. The van der Waals surface area contributed by atoms with Crippen LogP contribution in [0.2, 0.25) is 0 Å². The molecule has 0 amide bonds. The van der Waals surface area contributed by atoms with E-state index in [2.05, 4.69) is 9.71 Å².